The number of unbranched alkanes of at least 4 members (excludes halogenated alkanes) is 2. The molecule has 27 nitrogen and oxygen atoms in total. The van der Waals surface area contributed by atoms with E-state index in [9.17, 15) is 82.4 Å². The molecule has 0 fully saturated rings. The van der Waals surface area contributed by atoms with E-state index in [2.05, 4.69) is 52.7 Å². The fraction of sp³-hybridized carbons (Fsp3) is 0.392. The number of H-pyrrole nitrogens is 1. The van der Waals surface area contributed by atoms with Crippen molar-refractivity contribution in [2.75, 3.05) is 22.5 Å². The van der Waals surface area contributed by atoms with Crippen molar-refractivity contribution in [2.24, 2.45) is 0 Å². The summed E-state index contributed by atoms with van der Waals surface area (Å²) in [6.45, 7) is 1.99. The van der Waals surface area contributed by atoms with Crippen molar-refractivity contribution in [3.8, 4) is 11.1 Å². The average Bonchev–Trinajstić information content (AvgIpc) is 3.84. The fourth-order valence-corrected chi connectivity index (χ4v) is 7.67. The highest BCUT2D eigenvalue weighted by atomic mass is 19.1. The van der Waals surface area contributed by atoms with Gasteiger partial charge in [-0.15, -0.1) is 0 Å². The average molecular weight is 1110 g/mol. The number of hydrogen-bond acceptors (Lipinski definition) is 13. The highest BCUT2D eigenvalue weighted by Crippen LogP contribution is 2.33. The number of nitrogens with zero attached hydrogens (tertiary/aromatic N) is 1. The minimum Gasteiger partial charge on any atom is -0.481 e. The molecule has 28 heteroatoms. The number of aromatic amines is 1. The molecular weight excluding hydrogens is 1040 g/mol. The van der Waals surface area contributed by atoms with Gasteiger partial charge in [-0.2, -0.15) is 5.10 Å². The molecule has 0 bridgehead atoms. The third-order valence-corrected chi connectivity index (χ3v) is 11.8. The summed E-state index contributed by atoms with van der Waals surface area (Å²) in [5, 5.41) is 73.7. The second kappa shape index (κ2) is 30.9. The zero-order valence-corrected chi connectivity index (χ0v) is 42.6. The van der Waals surface area contributed by atoms with Crippen LogP contribution in [0.25, 0.3) is 22.0 Å². The lowest BCUT2D eigenvalue weighted by atomic mass is 10.0. The lowest BCUT2D eigenvalue weighted by Crippen LogP contribution is -2.45. The molecule has 0 aliphatic carbocycles. The summed E-state index contributed by atoms with van der Waals surface area (Å²) in [6, 6.07) is 9.58. The molecule has 1 aromatic heterocycles. The Labute approximate surface area is 449 Å². The van der Waals surface area contributed by atoms with Crippen LogP contribution in [0.3, 0.4) is 0 Å². The predicted octanol–water partition coefficient (Wildman–Crippen LogP) is 3.20. The van der Waals surface area contributed by atoms with Gasteiger partial charge in [0, 0.05) is 57.2 Å². The topological polar surface area (TPSA) is 431 Å². The maximum absolute atomic E-state index is 14.1. The molecule has 3 aromatic carbocycles. The zero-order chi connectivity index (χ0) is 58.2. The summed E-state index contributed by atoms with van der Waals surface area (Å²) >= 11 is 0. The molecule has 0 radical (unpaired) electrons. The van der Waals surface area contributed by atoms with Crippen molar-refractivity contribution in [1.82, 2.24) is 36.8 Å². The van der Waals surface area contributed by atoms with Gasteiger partial charge in [-0.05, 0) is 92.5 Å². The summed E-state index contributed by atoms with van der Waals surface area (Å²) in [5.41, 5.74) is 3.45. The van der Waals surface area contributed by atoms with Crippen molar-refractivity contribution >= 4 is 99.4 Å². The first kappa shape index (κ1) is 62.0. The van der Waals surface area contributed by atoms with Crippen molar-refractivity contribution in [3.63, 3.8) is 0 Å². The standard InChI is InChI=1S/C51H61FN10O17/c1-27-9-14-31(52)37(26-27)59-51(79)54-29-12-10-28(11-13-29)30-6-5-7-32-45(30)46(62-61-32)60-39(64)8-3-2-4-25-53-38(63)22-23-43(68)57-35(49(75)76)17-20-41(66)55-33(47(71)72)15-19-40(65)56-34(48(73)74)16-21-42(67)58-36(50(77)78)18-24-44(69)70/h5-7,9-14,26,33-36H,2-4,8,15-25H2,1H3,(H,53,63)(H,55,66)(H,56,65)(H,57,68)(H,58,67)(H,69,70)(H,71,72)(H,73,74)(H,75,76)(H,77,78)(H2,54,59,79)(H2,60,61,62,64)/t33-,34-,35-,36-/m0/s1. The summed E-state index contributed by atoms with van der Waals surface area (Å²) in [6.07, 6.45) is -3.51. The molecule has 0 aliphatic heterocycles. The van der Waals surface area contributed by atoms with Crippen LogP contribution in [0.5, 0.6) is 0 Å². The predicted molar refractivity (Wildman–Crippen MR) is 277 cm³/mol. The van der Waals surface area contributed by atoms with Gasteiger partial charge >= 0.3 is 35.9 Å². The molecular formula is C51H61FN10O17. The lowest BCUT2D eigenvalue weighted by molar-refractivity contribution is -0.144. The number of urea groups is 1. The van der Waals surface area contributed by atoms with E-state index in [1.807, 2.05) is 12.1 Å². The van der Waals surface area contributed by atoms with Gasteiger partial charge in [-0.25, -0.2) is 28.4 Å². The summed E-state index contributed by atoms with van der Waals surface area (Å²) in [5.74, 6) is -12.3. The van der Waals surface area contributed by atoms with E-state index in [1.165, 1.54) is 12.1 Å². The van der Waals surface area contributed by atoms with Crippen molar-refractivity contribution in [3.05, 3.63) is 72.0 Å². The Hall–Kier alpha value is -9.50. The van der Waals surface area contributed by atoms with E-state index < -0.39 is 153 Å². The molecule has 4 aromatic rings. The number of aromatic nitrogens is 2. The molecule has 0 aliphatic rings. The van der Waals surface area contributed by atoms with Crippen LogP contribution in [0, 0.1) is 12.7 Å². The fourth-order valence-electron chi connectivity index (χ4n) is 7.67. The van der Waals surface area contributed by atoms with Crippen molar-refractivity contribution in [1.29, 1.82) is 0 Å². The van der Waals surface area contributed by atoms with Crippen LogP contribution in [-0.4, -0.2) is 138 Å². The summed E-state index contributed by atoms with van der Waals surface area (Å²) < 4.78 is 14.1. The van der Waals surface area contributed by atoms with Crippen LogP contribution in [0.1, 0.15) is 95.5 Å². The van der Waals surface area contributed by atoms with Crippen molar-refractivity contribution < 1.29 is 87.5 Å². The second-order valence-electron chi connectivity index (χ2n) is 18.0. The van der Waals surface area contributed by atoms with Crippen LogP contribution in [0.2, 0.25) is 0 Å². The largest absolute Gasteiger partial charge is 0.481 e. The van der Waals surface area contributed by atoms with Crippen LogP contribution >= 0.6 is 0 Å². The lowest BCUT2D eigenvalue weighted by Gasteiger charge is -2.18. The van der Waals surface area contributed by atoms with Gasteiger partial charge in [-0.3, -0.25) is 38.7 Å². The van der Waals surface area contributed by atoms with E-state index in [1.54, 1.807) is 43.3 Å². The number of aryl methyl sites for hydroxylation is 1. The van der Waals surface area contributed by atoms with E-state index >= 15 is 0 Å². The normalized spacial score (nSPS) is 12.3. The third kappa shape index (κ3) is 21.6. The van der Waals surface area contributed by atoms with E-state index in [-0.39, 0.29) is 31.0 Å². The molecule has 4 atom stereocenters. The molecule has 1 heterocycles. The molecule has 8 amide bonds. The van der Waals surface area contributed by atoms with Crippen LogP contribution in [0.15, 0.2) is 60.7 Å². The van der Waals surface area contributed by atoms with Gasteiger partial charge in [0.25, 0.3) is 0 Å². The molecule has 4 rings (SSSR count). The van der Waals surface area contributed by atoms with Crippen LogP contribution in [0.4, 0.5) is 26.4 Å². The van der Waals surface area contributed by atoms with Gasteiger partial charge in [0.05, 0.1) is 16.6 Å². The number of amides is 8. The monoisotopic (exact) mass is 1100 g/mol. The molecule has 424 valence electrons. The number of fused-ring (bicyclic) bond motifs is 1. The van der Waals surface area contributed by atoms with Crippen LogP contribution in [-0.2, 0) is 52.7 Å². The SMILES string of the molecule is Cc1ccc(F)c(NC(=O)Nc2ccc(-c3cccc4[nH]nc(NC(=O)CCCCCNC(=O)CCC(=O)N[C@@H](CCC(=O)N[C@@H](CCC(=O)N[C@@H](CCC(=O)N[C@@H](CCC(=O)O)C(=O)O)C(=O)O)C(=O)O)C(=O)O)c34)cc2)c1. The summed E-state index contributed by atoms with van der Waals surface area (Å²) in [4.78, 5) is 145. The highest BCUT2D eigenvalue weighted by Gasteiger charge is 2.28. The molecule has 79 heavy (non-hydrogen) atoms. The molecule has 14 N–H and O–H groups in total. The van der Waals surface area contributed by atoms with Gasteiger partial charge < -0.3 is 68.1 Å². The number of carboxylic acid groups (broad SMARTS) is 5. The maximum atomic E-state index is 14.1. The van der Waals surface area contributed by atoms with Gasteiger partial charge in [-0.1, -0.05) is 36.8 Å². The minimum atomic E-state index is -1.70. The Balaban J connectivity index is 1.12. The molecule has 0 saturated carbocycles. The maximum Gasteiger partial charge on any atom is 0.326 e. The number of aliphatic carboxylic acids is 5. The van der Waals surface area contributed by atoms with Gasteiger partial charge in [0.2, 0.25) is 35.4 Å². The van der Waals surface area contributed by atoms with Gasteiger partial charge in [0.15, 0.2) is 5.82 Å². The quantitative estimate of drug-likeness (QED) is 0.0305. The molecule has 0 spiro atoms. The number of anilines is 3. The van der Waals surface area contributed by atoms with E-state index in [0.29, 0.717) is 41.7 Å². The van der Waals surface area contributed by atoms with Crippen molar-refractivity contribution in [2.45, 2.75) is 121 Å². The number of carboxylic acids is 5. The first-order valence-electron chi connectivity index (χ1n) is 24.8. The minimum absolute atomic E-state index is 0.0432. The Kier molecular flexibility index (Phi) is 24.3. The molecule has 0 saturated heterocycles. The third-order valence-electron chi connectivity index (χ3n) is 11.8. The number of carbonyl (C=O) groups excluding carboxylic acids is 7. The van der Waals surface area contributed by atoms with Gasteiger partial charge in [0.1, 0.15) is 30.0 Å². The zero-order valence-electron chi connectivity index (χ0n) is 42.6. The Morgan fingerprint density at radius 1 is 0.532 bits per heavy atom. The Bertz CT molecular complexity index is 2900. The highest BCUT2D eigenvalue weighted by molar-refractivity contribution is 6.07. The number of carbonyl (C=O) groups is 12. The Morgan fingerprint density at radius 3 is 1.56 bits per heavy atom. The van der Waals surface area contributed by atoms with E-state index in [0.717, 1.165) is 16.7 Å². The first-order valence-corrected chi connectivity index (χ1v) is 24.8. The summed E-state index contributed by atoms with van der Waals surface area (Å²) in [7, 11) is 0. The molecule has 0 unspecified atom stereocenters. The smallest absolute Gasteiger partial charge is 0.326 e. The Morgan fingerprint density at radius 2 is 1.04 bits per heavy atom. The number of hydrogen-bond donors (Lipinski definition) is 14. The van der Waals surface area contributed by atoms with Crippen LogP contribution < -0.4 is 42.5 Å². The number of rotatable bonds is 33. The van der Waals surface area contributed by atoms with E-state index in [4.69, 9.17) is 5.11 Å². The number of halogens is 1. The number of benzene rings is 3. The number of nitrogens with one attached hydrogen (secondary N) is 9. The first-order chi connectivity index (χ1) is 37.5. The second-order valence-corrected chi connectivity index (χ2v) is 18.0.